The number of carbonyl (C=O) groups excluding carboxylic acids is 2. The van der Waals surface area contributed by atoms with E-state index >= 15 is 0 Å². The Morgan fingerprint density at radius 2 is 1.04 bits per heavy atom. The molecule has 0 N–H and O–H groups in total. The van der Waals surface area contributed by atoms with Gasteiger partial charge in [-0.05, 0) is 38.0 Å². The Kier molecular flexibility index (Phi) is 19.9. The van der Waals surface area contributed by atoms with Crippen molar-refractivity contribution in [1.29, 1.82) is 0 Å². The first-order valence-electron chi connectivity index (χ1n) is 11.9. The van der Waals surface area contributed by atoms with Gasteiger partial charge in [0.1, 0.15) is 0 Å². The van der Waals surface area contributed by atoms with Gasteiger partial charge < -0.3 is 9.47 Å². The summed E-state index contributed by atoms with van der Waals surface area (Å²) in [5, 5.41) is 0. The summed E-state index contributed by atoms with van der Waals surface area (Å²) in [5.41, 5.74) is 0. The number of ether oxygens (including phenoxy) is 2. The van der Waals surface area contributed by atoms with Crippen molar-refractivity contribution in [3.05, 3.63) is 0 Å². The zero-order chi connectivity index (χ0) is 20.9. The molecule has 0 aromatic rings. The van der Waals surface area contributed by atoms with Crippen LogP contribution in [-0.2, 0) is 19.1 Å². The quantitative estimate of drug-likeness (QED) is 0.164. The second-order valence-corrected chi connectivity index (χ2v) is 8.37. The van der Waals surface area contributed by atoms with E-state index in [-0.39, 0.29) is 11.9 Å². The summed E-state index contributed by atoms with van der Waals surface area (Å²) in [6, 6.07) is 0. The van der Waals surface area contributed by atoms with Gasteiger partial charge in [0.05, 0.1) is 13.2 Å². The monoisotopic (exact) mass is 398 g/mol. The number of esters is 2. The van der Waals surface area contributed by atoms with Crippen molar-refractivity contribution in [3.63, 3.8) is 0 Å². The maximum absolute atomic E-state index is 11.7. The summed E-state index contributed by atoms with van der Waals surface area (Å²) in [6.07, 6.45) is 16.6. The molecule has 0 radical (unpaired) electrons. The van der Waals surface area contributed by atoms with Crippen molar-refractivity contribution in [2.75, 3.05) is 13.2 Å². The van der Waals surface area contributed by atoms with Gasteiger partial charge in [0, 0.05) is 12.8 Å². The van der Waals surface area contributed by atoms with E-state index in [0.29, 0.717) is 32.0 Å². The predicted octanol–water partition coefficient (Wildman–Crippen LogP) is 6.99. The summed E-state index contributed by atoms with van der Waals surface area (Å²) in [7, 11) is 0. The third-order valence-corrected chi connectivity index (χ3v) is 4.96. The van der Waals surface area contributed by atoms with Crippen LogP contribution in [0.1, 0.15) is 124 Å². The van der Waals surface area contributed by atoms with Crippen LogP contribution in [0.4, 0.5) is 0 Å². The normalized spacial score (nSPS) is 11.0. The standard InChI is InChI=1S/C24H46O4/c1-4-5-6-7-12-15-20-27-23(25)18-13-10-8-9-11-14-19-24(26)28-21-16-17-22(2)3/h22H,4-21H2,1-3H3. The van der Waals surface area contributed by atoms with Gasteiger partial charge in [0.2, 0.25) is 0 Å². The molecule has 4 nitrogen and oxygen atoms in total. The molecule has 0 saturated carbocycles. The molecule has 0 atom stereocenters. The molecule has 166 valence electrons. The van der Waals surface area contributed by atoms with E-state index in [9.17, 15) is 9.59 Å². The van der Waals surface area contributed by atoms with Crippen LogP contribution < -0.4 is 0 Å². The maximum Gasteiger partial charge on any atom is 0.305 e. The van der Waals surface area contributed by atoms with Crippen LogP contribution in [0.15, 0.2) is 0 Å². The van der Waals surface area contributed by atoms with E-state index in [2.05, 4.69) is 20.8 Å². The highest BCUT2D eigenvalue weighted by Gasteiger charge is 2.04. The maximum atomic E-state index is 11.7. The van der Waals surface area contributed by atoms with Gasteiger partial charge in [0.15, 0.2) is 0 Å². The minimum absolute atomic E-state index is 0.0474. The number of hydrogen-bond acceptors (Lipinski definition) is 4. The highest BCUT2D eigenvalue weighted by atomic mass is 16.5. The predicted molar refractivity (Wildman–Crippen MR) is 116 cm³/mol. The molecular weight excluding hydrogens is 352 g/mol. The first kappa shape index (κ1) is 26.9. The largest absolute Gasteiger partial charge is 0.466 e. The molecule has 0 rings (SSSR count). The van der Waals surface area contributed by atoms with Crippen LogP contribution in [0.2, 0.25) is 0 Å². The van der Waals surface area contributed by atoms with Crippen LogP contribution in [0, 0.1) is 5.92 Å². The van der Waals surface area contributed by atoms with Crippen LogP contribution in [-0.4, -0.2) is 25.2 Å². The highest BCUT2D eigenvalue weighted by Crippen LogP contribution is 2.11. The molecule has 0 bridgehead atoms. The summed E-state index contributed by atoms with van der Waals surface area (Å²) in [6.45, 7) is 7.72. The number of carbonyl (C=O) groups is 2. The molecule has 0 aliphatic heterocycles. The third kappa shape index (κ3) is 21.2. The van der Waals surface area contributed by atoms with E-state index in [1.54, 1.807) is 0 Å². The molecule has 0 saturated heterocycles. The van der Waals surface area contributed by atoms with Crippen molar-refractivity contribution in [3.8, 4) is 0 Å². The highest BCUT2D eigenvalue weighted by molar-refractivity contribution is 5.69. The summed E-state index contributed by atoms with van der Waals surface area (Å²) >= 11 is 0. The summed E-state index contributed by atoms with van der Waals surface area (Å²) in [5.74, 6) is 0.562. The van der Waals surface area contributed by atoms with E-state index in [1.807, 2.05) is 0 Å². The molecule has 28 heavy (non-hydrogen) atoms. The summed E-state index contributed by atoms with van der Waals surface area (Å²) in [4.78, 5) is 23.3. The van der Waals surface area contributed by atoms with Crippen LogP contribution in [0.25, 0.3) is 0 Å². The van der Waals surface area contributed by atoms with Gasteiger partial charge in [-0.1, -0.05) is 78.6 Å². The van der Waals surface area contributed by atoms with Crippen molar-refractivity contribution in [2.24, 2.45) is 5.92 Å². The Bertz CT molecular complexity index is 366. The van der Waals surface area contributed by atoms with E-state index in [1.165, 1.54) is 32.1 Å². The van der Waals surface area contributed by atoms with E-state index in [0.717, 1.165) is 57.8 Å². The molecule has 0 unspecified atom stereocenters. The Morgan fingerprint density at radius 1 is 0.607 bits per heavy atom. The average Bonchev–Trinajstić information content (AvgIpc) is 2.66. The van der Waals surface area contributed by atoms with Crippen LogP contribution >= 0.6 is 0 Å². The van der Waals surface area contributed by atoms with Gasteiger partial charge in [-0.2, -0.15) is 0 Å². The fraction of sp³-hybridized carbons (Fsp3) is 0.917. The van der Waals surface area contributed by atoms with E-state index < -0.39 is 0 Å². The Balaban J connectivity index is 3.27. The molecular formula is C24H46O4. The molecule has 0 aliphatic rings. The third-order valence-electron chi connectivity index (χ3n) is 4.96. The molecule has 0 heterocycles. The molecule has 0 fully saturated rings. The lowest BCUT2D eigenvalue weighted by molar-refractivity contribution is -0.144. The zero-order valence-electron chi connectivity index (χ0n) is 18.9. The van der Waals surface area contributed by atoms with Gasteiger partial charge in [-0.25, -0.2) is 0 Å². The smallest absolute Gasteiger partial charge is 0.305 e. The lowest BCUT2D eigenvalue weighted by Gasteiger charge is -2.06. The first-order valence-corrected chi connectivity index (χ1v) is 11.9. The topological polar surface area (TPSA) is 52.6 Å². The molecule has 0 aromatic carbocycles. The fourth-order valence-electron chi connectivity index (χ4n) is 3.14. The number of unbranched alkanes of at least 4 members (excludes halogenated alkanes) is 10. The molecule has 0 aromatic heterocycles. The second kappa shape index (κ2) is 20.7. The molecule has 0 spiro atoms. The van der Waals surface area contributed by atoms with Crippen LogP contribution in [0.5, 0.6) is 0 Å². The van der Waals surface area contributed by atoms with Crippen molar-refractivity contribution < 1.29 is 19.1 Å². The lowest BCUT2D eigenvalue weighted by Crippen LogP contribution is -2.06. The lowest BCUT2D eigenvalue weighted by atomic mass is 10.1. The number of rotatable bonds is 20. The Hall–Kier alpha value is -1.06. The van der Waals surface area contributed by atoms with Crippen LogP contribution in [0.3, 0.4) is 0 Å². The summed E-state index contributed by atoms with van der Waals surface area (Å²) < 4.78 is 10.5. The second-order valence-electron chi connectivity index (χ2n) is 8.37. The fourth-order valence-corrected chi connectivity index (χ4v) is 3.14. The van der Waals surface area contributed by atoms with Crippen molar-refractivity contribution in [1.82, 2.24) is 0 Å². The Morgan fingerprint density at radius 3 is 1.54 bits per heavy atom. The van der Waals surface area contributed by atoms with E-state index in [4.69, 9.17) is 9.47 Å². The minimum Gasteiger partial charge on any atom is -0.466 e. The van der Waals surface area contributed by atoms with Crippen molar-refractivity contribution >= 4 is 11.9 Å². The van der Waals surface area contributed by atoms with Gasteiger partial charge in [-0.3, -0.25) is 9.59 Å². The molecule has 0 amide bonds. The average molecular weight is 399 g/mol. The zero-order valence-corrected chi connectivity index (χ0v) is 18.9. The van der Waals surface area contributed by atoms with Crippen molar-refractivity contribution in [2.45, 2.75) is 124 Å². The minimum atomic E-state index is -0.0585. The van der Waals surface area contributed by atoms with Gasteiger partial charge >= 0.3 is 11.9 Å². The first-order chi connectivity index (χ1) is 13.6. The van der Waals surface area contributed by atoms with Gasteiger partial charge in [0.25, 0.3) is 0 Å². The number of hydrogen-bond donors (Lipinski definition) is 0. The van der Waals surface area contributed by atoms with Gasteiger partial charge in [-0.15, -0.1) is 0 Å². The SMILES string of the molecule is CCCCCCCCOC(=O)CCCCCCCCC(=O)OCCCC(C)C. The molecule has 0 aliphatic carbocycles. The molecule has 4 heteroatoms. The Labute approximate surface area is 174 Å².